The number of anilines is 1. The van der Waals surface area contributed by atoms with Crippen LogP contribution in [0.1, 0.15) is 33.5 Å². The molecule has 0 N–H and O–H groups in total. The van der Waals surface area contributed by atoms with Gasteiger partial charge in [0.15, 0.2) is 0 Å². The monoisotopic (exact) mass is 618 g/mol. The van der Waals surface area contributed by atoms with E-state index in [-0.39, 0.29) is 31.4 Å². The highest BCUT2D eigenvalue weighted by Gasteiger charge is 2.64. The van der Waals surface area contributed by atoms with Gasteiger partial charge in [0.2, 0.25) is 5.91 Å². The number of likely N-dealkylation sites (N-methyl/N-ethyl adjacent to an activating group) is 1. The molecule has 3 aliphatic rings. The fourth-order valence-corrected chi connectivity index (χ4v) is 6.96. The van der Waals surface area contributed by atoms with Crippen molar-refractivity contribution in [2.75, 3.05) is 25.1 Å². The molecule has 0 saturated carbocycles. The van der Waals surface area contributed by atoms with E-state index in [1.54, 1.807) is 22.9 Å². The molecule has 236 valence electrons. The van der Waals surface area contributed by atoms with Gasteiger partial charge in [-0.25, -0.2) is 0 Å². The summed E-state index contributed by atoms with van der Waals surface area (Å²) in [5.41, 5.74) is 3.22. The molecule has 2 fully saturated rings. The zero-order chi connectivity index (χ0) is 31.5. The van der Waals surface area contributed by atoms with Gasteiger partial charge in [-0.05, 0) is 28.8 Å². The number of rotatable bonds is 10. The second-order valence-electron chi connectivity index (χ2n) is 12.3. The summed E-state index contributed by atoms with van der Waals surface area (Å²) in [5, 5.41) is 0. The molecule has 0 aliphatic carbocycles. The minimum absolute atomic E-state index is 0.147. The van der Waals surface area contributed by atoms with E-state index in [1.807, 2.05) is 109 Å². The van der Waals surface area contributed by atoms with Crippen molar-refractivity contribution in [1.29, 1.82) is 0 Å². The zero-order valence-electron chi connectivity index (χ0n) is 25.9. The molecule has 2 amide bonds. The maximum Gasteiger partial charge on any atom is 0.256 e. The number of fused-ring (bicyclic) bond motifs is 2. The van der Waals surface area contributed by atoms with Crippen LogP contribution in [-0.4, -0.2) is 66.9 Å². The first-order chi connectivity index (χ1) is 22.5. The predicted molar refractivity (Wildman–Crippen MR) is 173 cm³/mol. The summed E-state index contributed by atoms with van der Waals surface area (Å²) in [6.07, 6.45) is -1.30. The Kier molecular flexibility index (Phi) is 8.69. The lowest BCUT2D eigenvalue weighted by atomic mass is 9.90. The maximum atomic E-state index is 14.0. The Morgan fingerprint density at radius 2 is 1.30 bits per heavy atom. The summed E-state index contributed by atoms with van der Waals surface area (Å²) >= 11 is 0. The van der Waals surface area contributed by atoms with E-state index in [0.717, 1.165) is 16.7 Å². The van der Waals surface area contributed by atoms with Crippen LogP contribution in [0, 0.1) is 0 Å². The molecule has 0 bridgehead atoms. The minimum atomic E-state index is -0.986. The molecule has 4 aromatic carbocycles. The van der Waals surface area contributed by atoms with Gasteiger partial charge in [0.05, 0.1) is 44.2 Å². The number of nitrogens with zero attached hydrogens (tertiary/aromatic N) is 2. The number of carbonyl (C=O) groups excluding carboxylic acids is 2. The topological polar surface area (TPSA) is 77.5 Å². The highest BCUT2D eigenvalue weighted by molar-refractivity contribution is 6.11. The average Bonchev–Trinajstić information content (AvgIpc) is 3.61. The molecule has 3 heterocycles. The van der Waals surface area contributed by atoms with Crippen molar-refractivity contribution in [2.45, 2.75) is 56.2 Å². The Hall–Kier alpha value is -4.34. The van der Waals surface area contributed by atoms with E-state index in [4.69, 9.17) is 18.9 Å². The van der Waals surface area contributed by atoms with Crippen LogP contribution in [0.2, 0.25) is 0 Å². The van der Waals surface area contributed by atoms with Crippen molar-refractivity contribution in [3.8, 4) is 0 Å². The quantitative estimate of drug-likeness (QED) is 0.237. The Morgan fingerprint density at radius 1 is 0.739 bits per heavy atom. The Morgan fingerprint density at radius 3 is 1.96 bits per heavy atom. The van der Waals surface area contributed by atoms with Crippen LogP contribution in [0.3, 0.4) is 0 Å². The van der Waals surface area contributed by atoms with Crippen molar-refractivity contribution < 1.29 is 28.5 Å². The highest BCUT2D eigenvalue weighted by atomic mass is 16.6. The fraction of sp³-hybridized carbons (Fsp3) is 0.316. The molecule has 0 unspecified atom stereocenters. The van der Waals surface area contributed by atoms with E-state index < -0.39 is 30.0 Å². The maximum absolute atomic E-state index is 14.0. The number of ether oxygens (including phenoxy) is 4. The van der Waals surface area contributed by atoms with Crippen molar-refractivity contribution in [3.05, 3.63) is 138 Å². The second-order valence-corrected chi connectivity index (χ2v) is 12.3. The van der Waals surface area contributed by atoms with Gasteiger partial charge in [-0.3, -0.25) is 9.59 Å². The van der Waals surface area contributed by atoms with E-state index in [1.165, 1.54) is 0 Å². The number of para-hydroxylation sites is 1. The number of amides is 2. The van der Waals surface area contributed by atoms with Gasteiger partial charge in [0.1, 0.15) is 30.0 Å². The molecule has 0 aromatic heterocycles. The molecule has 8 heteroatoms. The van der Waals surface area contributed by atoms with Crippen LogP contribution in [0.25, 0.3) is 0 Å². The van der Waals surface area contributed by atoms with Gasteiger partial charge in [0, 0.05) is 13.5 Å². The lowest BCUT2D eigenvalue weighted by Gasteiger charge is -2.32. The molecule has 5 atom stereocenters. The van der Waals surface area contributed by atoms with Crippen LogP contribution in [0.15, 0.2) is 115 Å². The second kappa shape index (κ2) is 13.2. The highest BCUT2D eigenvalue weighted by Crippen LogP contribution is 2.47. The van der Waals surface area contributed by atoms with E-state index in [9.17, 15) is 9.59 Å². The summed E-state index contributed by atoms with van der Waals surface area (Å²) in [6.45, 7) is 1.56. The third-order valence-corrected chi connectivity index (χ3v) is 9.25. The van der Waals surface area contributed by atoms with Crippen LogP contribution in [0.4, 0.5) is 5.69 Å². The largest absolute Gasteiger partial charge is 0.374 e. The zero-order valence-corrected chi connectivity index (χ0v) is 25.9. The number of hydrogen-bond acceptors (Lipinski definition) is 6. The van der Waals surface area contributed by atoms with Crippen molar-refractivity contribution in [1.82, 2.24) is 4.90 Å². The van der Waals surface area contributed by atoms with Crippen LogP contribution < -0.4 is 4.90 Å². The van der Waals surface area contributed by atoms with Crippen molar-refractivity contribution in [3.63, 3.8) is 0 Å². The first-order valence-electron chi connectivity index (χ1n) is 15.8. The van der Waals surface area contributed by atoms with Crippen LogP contribution in [-0.2, 0) is 43.6 Å². The van der Waals surface area contributed by atoms with E-state index in [2.05, 4.69) is 0 Å². The van der Waals surface area contributed by atoms with Crippen molar-refractivity contribution >= 4 is 17.5 Å². The average molecular weight is 619 g/mol. The summed E-state index contributed by atoms with van der Waals surface area (Å²) in [5.74, 6) is -0.336. The molecular formula is C38H38N2O6. The minimum Gasteiger partial charge on any atom is -0.374 e. The third-order valence-electron chi connectivity index (χ3n) is 9.25. The lowest BCUT2D eigenvalue weighted by Crippen LogP contribution is -2.48. The molecule has 0 radical (unpaired) electrons. The van der Waals surface area contributed by atoms with Gasteiger partial charge < -0.3 is 28.7 Å². The van der Waals surface area contributed by atoms with E-state index >= 15 is 0 Å². The van der Waals surface area contributed by atoms with Gasteiger partial charge in [-0.15, -0.1) is 0 Å². The normalized spacial score (nSPS) is 25.5. The van der Waals surface area contributed by atoms with Gasteiger partial charge >= 0.3 is 0 Å². The van der Waals surface area contributed by atoms with E-state index in [0.29, 0.717) is 31.1 Å². The van der Waals surface area contributed by atoms with Crippen LogP contribution >= 0.6 is 0 Å². The van der Waals surface area contributed by atoms with Crippen LogP contribution in [0.5, 0.6) is 0 Å². The Balaban J connectivity index is 1.22. The molecule has 46 heavy (non-hydrogen) atoms. The summed E-state index contributed by atoms with van der Waals surface area (Å²) in [6, 6.07) is 36.5. The SMILES string of the molecule is CN1C(=O)[C@@H]2C[C@]3(CN2C(=O)c2ccccc21)O[C@@H](COCc1ccccc1)[C@H](OCc1ccccc1)[C@H]3OCc1ccccc1. The molecule has 2 saturated heterocycles. The number of carbonyl (C=O) groups is 2. The molecule has 8 nitrogen and oxygen atoms in total. The standard InChI is InChI=1S/C38H38N2O6/c1-39-31-20-12-11-19-30(31)36(41)40-26-38(21-32(40)37(39)42)35(45-24-29-17-9-4-10-18-29)34(44-23-28-15-7-3-8-16-28)33(46-38)25-43-22-27-13-5-2-6-14-27/h2-20,32-35H,21-26H2,1H3/t32-,33-,34-,35+,38+/m0/s1. The fourth-order valence-electron chi connectivity index (χ4n) is 6.96. The third kappa shape index (κ3) is 5.97. The summed E-state index contributed by atoms with van der Waals surface area (Å²) in [7, 11) is 1.73. The smallest absolute Gasteiger partial charge is 0.256 e. The molecule has 7 rings (SSSR count). The van der Waals surface area contributed by atoms with Gasteiger partial charge in [-0.1, -0.05) is 103 Å². The van der Waals surface area contributed by atoms with Gasteiger partial charge in [-0.2, -0.15) is 0 Å². The summed E-state index contributed by atoms with van der Waals surface area (Å²) < 4.78 is 26.6. The Labute approximate surface area is 269 Å². The Bertz CT molecular complexity index is 1650. The first-order valence-corrected chi connectivity index (χ1v) is 15.8. The lowest BCUT2D eigenvalue weighted by molar-refractivity contribution is -0.124. The number of hydrogen-bond donors (Lipinski definition) is 0. The predicted octanol–water partition coefficient (Wildman–Crippen LogP) is 5.40. The van der Waals surface area contributed by atoms with Gasteiger partial charge in [0.25, 0.3) is 5.91 Å². The molecule has 3 aliphatic heterocycles. The summed E-state index contributed by atoms with van der Waals surface area (Å²) in [4.78, 5) is 31.2. The number of benzene rings is 4. The molecule has 4 aromatic rings. The molecule has 1 spiro atoms. The van der Waals surface area contributed by atoms with Crippen molar-refractivity contribution in [2.24, 2.45) is 0 Å². The molecular weight excluding hydrogens is 580 g/mol. The first kappa shape index (κ1) is 30.3.